The highest BCUT2D eigenvalue weighted by Gasteiger charge is 2.38. The van der Waals surface area contributed by atoms with E-state index in [0.29, 0.717) is 30.0 Å². The van der Waals surface area contributed by atoms with Gasteiger partial charge in [-0.15, -0.1) is 0 Å². The molecule has 0 aliphatic carbocycles. The average Bonchev–Trinajstić information content (AvgIpc) is 3.21. The van der Waals surface area contributed by atoms with Crippen molar-refractivity contribution in [2.45, 2.75) is 30.1 Å². The van der Waals surface area contributed by atoms with Gasteiger partial charge >= 0.3 is 12.1 Å². The van der Waals surface area contributed by atoms with E-state index in [4.69, 9.17) is 25.8 Å². The molecule has 208 valence electrons. The Labute approximate surface area is 220 Å². The molecule has 3 aromatic rings. The molecular formula is C24H24F3N5O6S. The molecule has 1 aliphatic rings. The van der Waals surface area contributed by atoms with Crippen molar-refractivity contribution in [3.63, 3.8) is 0 Å². The lowest BCUT2D eigenvalue weighted by Crippen LogP contribution is -2.41. The molecule has 1 fully saturated rings. The summed E-state index contributed by atoms with van der Waals surface area (Å²) in [4.78, 5) is 27.5. The van der Waals surface area contributed by atoms with Gasteiger partial charge in [-0.05, 0) is 47.5 Å². The quantitative estimate of drug-likeness (QED) is 0.248. The van der Waals surface area contributed by atoms with E-state index in [1.54, 1.807) is 48.4 Å². The molecule has 1 aromatic heterocycles. The number of sulfonamides is 1. The first-order chi connectivity index (χ1) is 18.2. The smallest absolute Gasteiger partial charge is 0.490 e. The summed E-state index contributed by atoms with van der Waals surface area (Å²) in [5.41, 5.74) is 6.53. The Kier molecular flexibility index (Phi) is 8.76. The van der Waals surface area contributed by atoms with Crippen LogP contribution in [0.3, 0.4) is 0 Å². The lowest BCUT2D eigenvalue weighted by Gasteiger charge is -2.18. The number of aliphatic carboxylic acids is 1. The van der Waals surface area contributed by atoms with Crippen LogP contribution >= 0.6 is 0 Å². The molecule has 0 saturated carbocycles. The maximum absolute atomic E-state index is 13.0. The number of fused-ring (bicyclic) bond motifs is 1. The number of benzene rings is 2. The van der Waals surface area contributed by atoms with Crippen LogP contribution in [0.2, 0.25) is 0 Å². The van der Waals surface area contributed by atoms with Crippen molar-refractivity contribution >= 4 is 38.5 Å². The predicted molar refractivity (Wildman–Crippen MR) is 134 cm³/mol. The minimum Gasteiger partial charge on any atom is -0.497 e. The number of amidine groups is 1. The molecule has 2 aromatic carbocycles. The third kappa shape index (κ3) is 7.20. The van der Waals surface area contributed by atoms with Crippen molar-refractivity contribution in [1.29, 1.82) is 5.41 Å². The third-order valence-corrected chi connectivity index (χ3v) is 7.14. The van der Waals surface area contributed by atoms with Gasteiger partial charge in [0, 0.05) is 24.8 Å². The van der Waals surface area contributed by atoms with Gasteiger partial charge in [-0.2, -0.15) is 17.9 Å². The van der Waals surface area contributed by atoms with Crippen molar-refractivity contribution in [3.8, 4) is 5.75 Å². The van der Waals surface area contributed by atoms with E-state index in [1.165, 1.54) is 12.3 Å². The fourth-order valence-electron chi connectivity index (χ4n) is 3.77. The molecule has 2 heterocycles. The molecule has 0 bridgehead atoms. The summed E-state index contributed by atoms with van der Waals surface area (Å²) in [6, 6.07) is 12.8. The Morgan fingerprint density at radius 2 is 1.90 bits per heavy atom. The largest absolute Gasteiger partial charge is 0.497 e. The zero-order valence-electron chi connectivity index (χ0n) is 20.4. The number of methoxy groups -OCH3 is 1. The number of nitrogen functional groups attached to an aromatic ring is 1. The van der Waals surface area contributed by atoms with Crippen molar-refractivity contribution in [3.05, 3.63) is 66.0 Å². The first-order valence-electron chi connectivity index (χ1n) is 11.2. The molecule has 4 rings (SSSR count). The third-order valence-electron chi connectivity index (χ3n) is 5.67. The first kappa shape index (κ1) is 29.3. The minimum absolute atomic E-state index is 0.0793. The SMILES string of the molecule is COc1ccc2ccc(S(=O)(=O)NC3CCN(Cc4cccnc4C(=N)N)C3=O)cc2c1.O=C(O)C(F)(F)F. The number of hydrogen-bond donors (Lipinski definition) is 4. The van der Waals surface area contributed by atoms with Gasteiger partial charge in [0.15, 0.2) is 0 Å². The number of nitrogens with zero attached hydrogens (tertiary/aromatic N) is 2. The number of carbonyl (C=O) groups is 2. The van der Waals surface area contributed by atoms with Gasteiger partial charge in [-0.3, -0.25) is 15.2 Å². The molecule has 5 N–H and O–H groups in total. The monoisotopic (exact) mass is 567 g/mol. The number of nitrogens with two attached hydrogens (primary N) is 1. The van der Waals surface area contributed by atoms with Gasteiger partial charge in [0.2, 0.25) is 15.9 Å². The van der Waals surface area contributed by atoms with Crippen LogP contribution in [0.1, 0.15) is 17.7 Å². The molecule has 39 heavy (non-hydrogen) atoms. The second-order valence-electron chi connectivity index (χ2n) is 8.32. The summed E-state index contributed by atoms with van der Waals surface area (Å²) in [5, 5.41) is 16.4. The van der Waals surface area contributed by atoms with Crippen molar-refractivity contribution in [2.75, 3.05) is 13.7 Å². The first-order valence-corrected chi connectivity index (χ1v) is 12.7. The summed E-state index contributed by atoms with van der Waals surface area (Å²) in [5.74, 6) is -2.64. The highest BCUT2D eigenvalue weighted by atomic mass is 32.2. The van der Waals surface area contributed by atoms with E-state index in [9.17, 15) is 26.4 Å². The summed E-state index contributed by atoms with van der Waals surface area (Å²) >= 11 is 0. The summed E-state index contributed by atoms with van der Waals surface area (Å²) < 4.78 is 65.4. The molecule has 1 amide bonds. The van der Waals surface area contributed by atoms with E-state index in [-0.39, 0.29) is 23.2 Å². The maximum atomic E-state index is 13.0. The molecule has 11 nitrogen and oxygen atoms in total. The fourth-order valence-corrected chi connectivity index (χ4v) is 5.03. The number of pyridine rings is 1. The number of alkyl halides is 3. The Morgan fingerprint density at radius 1 is 1.23 bits per heavy atom. The normalized spacial score (nSPS) is 15.5. The summed E-state index contributed by atoms with van der Waals surface area (Å²) in [6.45, 7) is 0.586. The van der Waals surface area contributed by atoms with Gasteiger partial charge in [-0.25, -0.2) is 13.2 Å². The molecule has 1 saturated heterocycles. The number of ether oxygens (including phenoxy) is 1. The zero-order chi connectivity index (χ0) is 29.0. The number of halogens is 3. The second kappa shape index (κ2) is 11.7. The van der Waals surface area contributed by atoms with Crippen molar-refractivity contribution in [2.24, 2.45) is 5.73 Å². The summed E-state index contributed by atoms with van der Waals surface area (Å²) in [7, 11) is -2.36. The number of carbonyl (C=O) groups excluding carboxylic acids is 1. The number of aromatic nitrogens is 1. The number of carboxylic acids is 1. The zero-order valence-corrected chi connectivity index (χ0v) is 21.2. The fraction of sp³-hybridized carbons (Fsp3) is 0.250. The number of hydrogen-bond acceptors (Lipinski definition) is 7. The highest BCUT2D eigenvalue weighted by molar-refractivity contribution is 7.89. The van der Waals surface area contributed by atoms with Crippen LogP contribution in [0.4, 0.5) is 13.2 Å². The van der Waals surface area contributed by atoms with Gasteiger partial charge < -0.3 is 20.5 Å². The van der Waals surface area contributed by atoms with Crippen molar-refractivity contribution in [1.82, 2.24) is 14.6 Å². The van der Waals surface area contributed by atoms with Gasteiger partial charge in [0.05, 0.1) is 12.0 Å². The lowest BCUT2D eigenvalue weighted by molar-refractivity contribution is -0.192. The van der Waals surface area contributed by atoms with Crippen LogP contribution in [0.25, 0.3) is 10.8 Å². The molecule has 1 atom stereocenters. The van der Waals surface area contributed by atoms with Crippen molar-refractivity contribution < 1.29 is 41.0 Å². The van der Waals surface area contributed by atoms with E-state index >= 15 is 0 Å². The number of amides is 1. The number of likely N-dealkylation sites (tertiary alicyclic amines) is 1. The Bertz CT molecular complexity index is 1510. The highest BCUT2D eigenvalue weighted by Crippen LogP contribution is 2.25. The molecule has 15 heteroatoms. The van der Waals surface area contributed by atoms with Crippen LogP contribution < -0.4 is 15.2 Å². The average molecular weight is 568 g/mol. The Hall–Kier alpha value is -4.24. The van der Waals surface area contributed by atoms with Crippen LogP contribution in [0, 0.1) is 5.41 Å². The van der Waals surface area contributed by atoms with E-state index in [1.807, 2.05) is 6.07 Å². The Balaban J connectivity index is 0.000000532. The molecule has 0 radical (unpaired) electrons. The van der Waals surface area contributed by atoms with E-state index in [0.717, 1.165) is 10.8 Å². The standard InChI is InChI=1S/C22H23N5O4S.C2HF3O2/c1-31-17-6-4-14-5-7-18(12-16(14)11-17)32(29,30)26-19-8-10-27(22(19)28)13-15-3-2-9-25-20(15)21(23)24;3-2(4,5)1(6)7/h2-7,9,11-12,19,26H,8,10,13H2,1H3,(H3,23,24);(H,6,7). The Morgan fingerprint density at radius 3 is 2.51 bits per heavy atom. The lowest BCUT2D eigenvalue weighted by atomic mass is 10.1. The van der Waals surface area contributed by atoms with Gasteiger partial charge in [0.1, 0.15) is 23.3 Å². The number of carboxylic acid groups (broad SMARTS) is 1. The molecule has 1 aliphatic heterocycles. The van der Waals surface area contributed by atoms with E-state index < -0.39 is 28.2 Å². The van der Waals surface area contributed by atoms with Crippen LogP contribution in [0.15, 0.2) is 59.6 Å². The number of rotatable bonds is 7. The molecule has 0 spiro atoms. The molecular weight excluding hydrogens is 543 g/mol. The second-order valence-corrected chi connectivity index (χ2v) is 10.0. The number of nitrogens with one attached hydrogen (secondary N) is 2. The van der Waals surface area contributed by atoms with Crippen LogP contribution in [-0.4, -0.2) is 67.0 Å². The van der Waals surface area contributed by atoms with Gasteiger partial charge in [0.25, 0.3) is 0 Å². The van der Waals surface area contributed by atoms with Crippen LogP contribution in [-0.2, 0) is 26.2 Å². The minimum atomic E-state index is -5.08. The predicted octanol–water partition coefficient (Wildman–Crippen LogP) is 2.24. The van der Waals surface area contributed by atoms with Gasteiger partial charge in [-0.1, -0.05) is 18.2 Å². The maximum Gasteiger partial charge on any atom is 0.490 e. The van der Waals surface area contributed by atoms with Crippen LogP contribution in [0.5, 0.6) is 5.75 Å². The van der Waals surface area contributed by atoms with E-state index in [2.05, 4.69) is 9.71 Å². The topological polar surface area (TPSA) is 176 Å². The molecule has 1 unspecified atom stereocenters. The summed E-state index contributed by atoms with van der Waals surface area (Å²) in [6.07, 6.45) is -3.21.